The lowest BCUT2D eigenvalue weighted by atomic mass is 9.91. The smallest absolute Gasteiger partial charge is 0.410 e. The number of amides is 2. The van der Waals surface area contributed by atoms with Crippen LogP contribution in [-0.4, -0.2) is 84.6 Å². The van der Waals surface area contributed by atoms with Crippen molar-refractivity contribution in [1.82, 2.24) is 23.9 Å². The van der Waals surface area contributed by atoms with Crippen molar-refractivity contribution in [2.24, 2.45) is 0 Å². The molecule has 2 aliphatic rings. The van der Waals surface area contributed by atoms with Crippen molar-refractivity contribution < 1.29 is 24.2 Å². The molecule has 6 rings (SSSR count). The predicted molar refractivity (Wildman–Crippen MR) is 183 cm³/mol. The van der Waals surface area contributed by atoms with E-state index in [4.69, 9.17) is 32.7 Å². The van der Waals surface area contributed by atoms with Gasteiger partial charge in [0.2, 0.25) is 0 Å². The van der Waals surface area contributed by atoms with Crippen LogP contribution < -0.4 is 5.56 Å². The first-order valence-corrected chi connectivity index (χ1v) is 16.7. The maximum absolute atomic E-state index is 13.6. The molecule has 0 aliphatic carbocycles. The van der Waals surface area contributed by atoms with Crippen LogP contribution in [0.2, 0.25) is 10.2 Å². The van der Waals surface area contributed by atoms with Crippen LogP contribution in [0.1, 0.15) is 62.5 Å². The van der Waals surface area contributed by atoms with Crippen molar-refractivity contribution in [3.05, 3.63) is 92.6 Å². The van der Waals surface area contributed by atoms with Gasteiger partial charge in [-0.2, -0.15) is 0 Å². The van der Waals surface area contributed by atoms with Crippen molar-refractivity contribution in [2.45, 2.75) is 70.4 Å². The van der Waals surface area contributed by atoms with Crippen LogP contribution in [0, 0.1) is 0 Å². The van der Waals surface area contributed by atoms with Gasteiger partial charge >= 0.3 is 6.09 Å². The molecule has 1 N–H and O–H groups in total. The molecule has 4 aromatic rings. The summed E-state index contributed by atoms with van der Waals surface area (Å²) in [7, 11) is 0. The highest BCUT2D eigenvalue weighted by Crippen LogP contribution is 2.31. The predicted octanol–water partition coefficient (Wildman–Crippen LogP) is 5.86. The molecule has 2 amide bonds. The zero-order valence-electron chi connectivity index (χ0n) is 27.4. The largest absolute Gasteiger partial charge is 0.444 e. The summed E-state index contributed by atoms with van der Waals surface area (Å²) in [4.78, 5) is 47.6. The normalized spacial score (nSPS) is 19.8. The third-order valence-electron chi connectivity index (χ3n) is 8.81. The summed E-state index contributed by atoms with van der Waals surface area (Å²) in [5.41, 5.74) is 0.334. The Bertz CT molecular complexity index is 1870. The summed E-state index contributed by atoms with van der Waals surface area (Å²) >= 11 is 12.6. The first kappa shape index (κ1) is 34.0. The van der Waals surface area contributed by atoms with Crippen LogP contribution >= 0.6 is 23.2 Å². The van der Waals surface area contributed by atoms with Crippen LogP contribution in [-0.2, 0) is 16.0 Å². The zero-order valence-corrected chi connectivity index (χ0v) is 28.9. The van der Waals surface area contributed by atoms with E-state index in [1.807, 2.05) is 52.0 Å². The highest BCUT2D eigenvalue weighted by atomic mass is 35.5. The molecule has 48 heavy (non-hydrogen) atoms. The summed E-state index contributed by atoms with van der Waals surface area (Å²) in [5.74, 6) is -0.125. The van der Waals surface area contributed by atoms with E-state index in [2.05, 4.69) is 4.98 Å². The zero-order chi connectivity index (χ0) is 34.4. The van der Waals surface area contributed by atoms with Gasteiger partial charge in [-0.1, -0.05) is 35.3 Å². The van der Waals surface area contributed by atoms with Crippen molar-refractivity contribution in [3.63, 3.8) is 0 Å². The second-order valence-electron chi connectivity index (χ2n) is 13.6. The molecule has 0 spiro atoms. The Morgan fingerprint density at radius 1 is 1.06 bits per heavy atom. The number of piperidine rings is 1. The number of carbonyl (C=O) groups excluding carboxylic acids is 2. The van der Waals surface area contributed by atoms with Gasteiger partial charge in [-0.15, -0.1) is 0 Å². The van der Waals surface area contributed by atoms with Gasteiger partial charge in [-0.3, -0.25) is 23.6 Å². The molecule has 2 saturated heterocycles. The van der Waals surface area contributed by atoms with Gasteiger partial charge in [0, 0.05) is 29.4 Å². The van der Waals surface area contributed by atoms with Gasteiger partial charge in [-0.05, 0) is 88.6 Å². The molecular formula is C35H39Cl2N5O6. The fraction of sp³-hybridized carbons (Fsp3) is 0.429. The van der Waals surface area contributed by atoms with Crippen molar-refractivity contribution >= 4 is 46.2 Å². The molecule has 4 heterocycles. The number of halogens is 2. The maximum Gasteiger partial charge on any atom is 0.410 e. The highest BCUT2D eigenvalue weighted by Gasteiger charge is 2.36. The average Bonchev–Trinajstić information content (AvgIpc) is 3.38. The molecular weight excluding hydrogens is 657 g/mol. The van der Waals surface area contributed by atoms with Gasteiger partial charge < -0.3 is 19.5 Å². The second kappa shape index (κ2) is 13.2. The molecule has 2 aromatic carbocycles. The van der Waals surface area contributed by atoms with Crippen LogP contribution in [0.5, 0.6) is 0 Å². The molecule has 0 unspecified atom stereocenters. The summed E-state index contributed by atoms with van der Waals surface area (Å²) in [5, 5.41) is 12.6. The van der Waals surface area contributed by atoms with Crippen LogP contribution in [0.15, 0.2) is 65.7 Å². The number of nitrogens with zero attached hydrogens (tertiary/aromatic N) is 5. The fourth-order valence-electron chi connectivity index (χ4n) is 6.27. The minimum Gasteiger partial charge on any atom is -0.444 e. The number of carbonyl (C=O) groups is 2. The second-order valence-corrected chi connectivity index (χ2v) is 14.4. The number of rotatable bonds is 5. The third-order valence-corrected chi connectivity index (χ3v) is 9.34. The molecule has 0 radical (unpaired) electrons. The van der Waals surface area contributed by atoms with E-state index >= 15 is 0 Å². The summed E-state index contributed by atoms with van der Waals surface area (Å²) in [6.45, 7) is 8.91. The Morgan fingerprint density at radius 2 is 1.73 bits per heavy atom. The number of hydrogen-bond acceptors (Lipinski definition) is 7. The molecule has 2 aromatic heterocycles. The monoisotopic (exact) mass is 695 g/mol. The fourth-order valence-corrected chi connectivity index (χ4v) is 6.68. The number of hydrogen-bond donors (Lipinski definition) is 1. The topological polar surface area (TPSA) is 119 Å². The SMILES string of the molecule is C[C@H]1CN(C(=O)OC(C)(C)C)[C@@H](c2ccc(-n3c(Cl)cc4c(=O)n(CC5(O)CCN(C(=O)c6ccc(Cl)cc6)CC5)cnc43)cc2)CO1. The molecule has 13 heteroatoms. The van der Waals surface area contributed by atoms with Gasteiger partial charge in [0.1, 0.15) is 17.1 Å². The van der Waals surface area contributed by atoms with Gasteiger partial charge in [0.05, 0.1) is 42.8 Å². The third kappa shape index (κ3) is 7.10. The highest BCUT2D eigenvalue weighted by molar-refractivity contribution is 6.31. The van der Waals surface area contributed by atoms with E-state index in [9.17, 15) is 19.5 Å². The van der Waals surface area contributed by atoms with Crippen molar-refractivity contribution in [1.29, 1.82) is 0 Å². The number of likely N-dealkylation sites (tertiary alicyclic amines) is 1. The lowest BCUT2D eigenvalue weighted by Crippen LogP contribution is -2.49. The van der Waals surface area contributed by atoms with Crippen molar-refractivity contribution in [2.75, 3.05) is 26.2 Å². The summed E-state index contributed by atoms with van der Waals surface area (Å²) < 4.78 is 14.7. The number of fused-ring (bicyclic) bond motifs is 1. The van der Waals surface area contributed by atoms with E-state index in [0.717, 1.165) is 5.56 Å². The standard InChI is InChI=1S/C35H39Cl2N5O6/c1-22-18-41(33(45)48-34(2,3)4)28(19-47-22)23-7-11-26(12-8-23)42-29(37)17-27-30(42)38-21-40(32(27)44)20-35(46)13-15-39(16-14-35)31(43)24-5-9-25(36)10-6-24/h5-12,17,21-22,28,46H,13-16,18-20H2,1-4H3/t22-,28+/m0/s1. The average molecular weight is 697 g/mol. The number of benzene rings is 2. The van der Waals surface area contributed by atoms with E-state index in [1.54, 1.807) is 44.7 Å². The minimum atomic E-state index is -1.19. The van der Waals surface area contributed by atoms with Crippen molar-refractivity contribution in [3.8, 4) is 5.69 Å². The van der Waals surface area contributed by atoms with Crippen LogP contribution in [0.4, 0.5) is 4.79 Å². The number of aliphatic hydroxyl groups is 1. The summed E-state index contributed by atoms with van der Waals surface area (Å²) in [6.07, 6.45) is 1.52. The number of ether oxygens (including phenoxy) is 2. The van der Waals surface area contributed by atoms with Gasteiger partial charge in [-0.25, -0.2) is 9.78 Å². The summed E-state index contributed by atoms with van der Waals surface area (Å²) in [6, 6.07) is 15.5. The number of morpholine rings is 1. The molecule has 2 atom stereocenters. The molecule has 0 bridgehead atoms. The first-order valence-electron chi connectivity index (χ1n) is 16.0. The molecule has 2 aliphatic heterocycles. The van der Waals surface area contributed by atoms with E-state index in [0.29, 0.717) is 71.5 Å². The maximum atomic E-state index is 13.6. The quantitative estimate of drug-likeness (QED) is 0.278. The first-order chi connectivity index (χ1) is 22.7. The van der Waals surface area contributed by atoms with E-state index in [-0.39, 0.29) is 30.2 Å². The van der Waals surface area contributed by atoms with Crippen LogP contribution in [0.3, 0.4) is 0 Å². The Balaban J connectivity index is 1.18. The lowest BCUT2D eigenvalue weighted by Gasteiger charge is -2.39. The molecule has 11 nitrogen and oxygen atoms in total. The molecule has 2 fully saturated rings. The van der Waals surface area contributed by atoms with Gasteiger partial charge in [0.25, 0.3) is 11.5 Å². The van der Waals surface area contributed by atoms with E-state index < -0.39 is 17.3 Å². The van der Waals surface area contributed by atoms with Gasteiger partial charge in [0.15, 0.2) is 5.65 Å². The molecule has 254 valence electrons. The van der Waals surface area contributed by atoms with E-state index in [1.165, 1.54) is 10.9 Å². The number of aromatic nitrogens is 3. The Kier molecular flexibility index (Phi) is 9.34. The Labute approximate surface area is 288 Å². The minimum absolute atomic E-state index is 0.0332. The van der Waals surface area contributed by atoms with Crippen LogP contribution in [0.25, 0.3) is 16.7 Å². The Hall–Kier alpha value is -3.90. The lowest BCUT2D eigenvalue weighted by molar-refractivity contribution is -0.0644. The molecule has 0 saturated carbocycles. The Morgan fingerprint density at radius 3 is 2.38 bits per heavy atom.